The highest BCUT2D eigenvalue weighted by atomic mass is 32.2. The summed E-state index contributed by atoms with van der Waals surface area (Å²) in [7, 11) is -1.70. The molecule has 1 aromatic heterocycles. The van der Waals surface area contributed by atoms with Crippen molar-refractivity contribution in [2.45, 2.75) is 42.3 Å². The molecular formula is C23H26N2O5S. The maximum absolute atomic E-state index is 11.8. The number of hydrogen-bond acceptors (Lipinski definition) is 6. The zero-order valence-electron chi connectivity index (χ0n) is 17.5. The van der Waals surface area contributed by atoms with E-state index in [9.17, 15) is 18.6 Å². The predicted molar refractivity (Wildman–Crippen MR) is 117 cm³/mol. The first-order valence-electron chi connectivity index (χ1n) is 10.2. The second kappa shape index (κ2) is 8.11. The Bertz CT molecular complexity index is 1160. The van der Waals surface area contributed by atoms with Crippen LogP contribution in [-0.2, 0) is 15.4 Å². The zero-order chi connectivity index (χ0) is 22.2. The number of benzene rings is 2. The van der Waals surface area contributed by atoms with E-state index >= 15 is 0 Å². The molecule has 1 aliphatic rings. The summed E-state index contributed by atoms with van der Waals surface area (Å²) in [4.78, 5) is 0.242. The van der Waals surface area contributed by atoms with Gasteiger partial charge in [-0.3, -0.25) is 0 Å². The smallest absolute Gasteiger partial charge is 0.175 e. The lowest BCUT2D eigenvalue weighted by Crippen LogP contribution is -2.33. The molecular weight excluding hydrogens is 416 g/mol. The van der Waals surface area contributed by atoms with Crippen molar-refractivity contribution in [2.24, 2.45) is 0 Å². The van der Waals surface area contributed by atoms with E-state index in [-0.39, 0.29) is 4.90 Å². The first-order valence-corrected chi connectivity index (χ1v) is 12.0. The summed E-state index contributed by atoms with van der Waals surface area (Å²) in [5.41, 5.74) is 1.73. The average molecular weight is 443 g/mol. The van der Waals surface area contributed by atoms with Crippen LogP contribution in [0.4, 0.5) is 0 Å². The molecule has 0 spiro atoms. The van der Waals surface area contributed by atoms with E-state index in [1.165, 1.54) is 6.26 Å². The third kappa shape index (κ3) is 4.37. The first-order chi connectivity index (χ1) is 14.7. The van der Waals surface area contributed by atoms with Crippen LogP contribution in [0.5, 0.6) is 5.75 Å². The summed E-state index contributed by atoms with van der Waals surface area (Å²) in [6.45, 7) is 0. The van der Waals surface area contributed by atoms with Crippen molar-refractivity contribution >= 4 is 9.84 Å². The molecule has 0 unspecified atom stereocenters. The molecule has 0 aliphatic heterocycles. The molecule has 0 saturated heterocycles. The second-order valence-electron chi connectivity index (χ2n) is 8.08. The number of rotatable bonds is 5. The van der Waals surface area contributed by atoms with E-state index < -0.39 is 21.5 Å². The molecule has 3 aromatic rings. The Morgan fingerprint density at radius 2 is 1.68 bits per heavy atom. The number of ether oxygens (including phenoxy) is 1. The van der Waals surface area contributed by atoms with Crippen LogP contribution >= 0.6 is 0 Å². The maximum Gasteiger partial charge on any atom is 0.175 e. The van der Waals surface area contributed by atoms with Crippen molar-refractivity contribution in [3.8, 4) is 22.7 Å². The van der Waals surface area contributed by atoms with Crippen molar-refractivity contribution in [3.05, 3.63) is 60.3 Å². The molecule has 0 atom stereocenters. The molecule has 4 rings (SSSR count). The number of nitrogens with zero attached hydrogens (tertiary/aromatic N) is 2. The molecule has 2 N–H and O–H groups in total. The van der Waals surface area contributed by atoms with Crippen molar-refractivity contribution in [3.63, 3.8) is 0 Å². The third-order valence-corrected chi connectivity index (χ3v) is 6.99. The largest absolute Gasteiger partial charge is 0.497 e. The Kier molecular flexibility index (Phi) is 5.63. The quantitative estimate of drug-likeness (QED) is 0.630. The number of hydrogen-bond donors (Lipinski definition) is 2. The van der Waals surface area contributed by atoms with E-state index in [1.807, 2.05) is 30.3 Å². The minimum absolute atomic E-state index is 0.242. The molecule has 1 fully saturated rings. The number of methoxy groups -OCH3 is 1. The number of aliphatic hydroxyl groups excluding tert-OH is 1. The van der Waals surface area contributed by atoms with Gasteiger partial charge in [-0.1, -0.05) is 12.1 Å². The average Bonchev–Trinajstić information content (AvgIpc) is 3.22. The molecule has 1 heterocycles. The van der Waals surface area contributed by atoms with Gasteiger partial charge in [0.05, 0.1) is 35.2 Å². The predicted octanol–water partition coefficient (Wildman–Crippen LogP) is 3.07. The summed E-state index contributed by atoms with van der Waals surface area (Å²) in [6, 6.07) is 15.9. The molecule has 2 aromatic carbocycles. The highest BCUT2D eigenvalue weighted by Crippen LogP contribution is 2.38. The minimum Gasteiger partial charge on any atom is -0.497 e. The van der Waals surface area contributed by atoms with E-state index in [0.29, 0.717) is 31.4 Å². The van der Waals surface area contributed by atoms with Crippen LogP contribution in [0.25, 0.3) is 16.9 Å². The lowest BCUT2D eigenvalue weighted by molar-refractivity contribution is -0.0393. The first kappa shape index (κ1) is 21.5. The van der Waals surface area contributed by atoms with Crippen molar-refractivity contribution in [1.29, 1.82) is 0 Å². The number of aromatic nitrogens is 2. The SMILES string of the molecule is COc1ccc(-n2nc(C3(O)CCC(O)CC3)cc2-c2ccc(S(C)(=O)=O)cc2)cc1. The molecule has 1 saturated carbocycles. The lowest BCUT2D eigenvalue weighted by Gasteiger charge is -2.32. The summed E-state index contributed by atoms with van der Waals surface area (Å²) in [5, 5.41) is 25.8. The Labute approximate surface area is 181 Å². The van der Waals surface area contributed by atoms with Crippen LogP contribution in [0.2, 0.25) is 0 Å². The van der Waals surface area contributed by atoms with E-state index in [4.69, 9.17) is 9.84 Å². The molecule has 7 nitrogen and oxygen atoms in total. The Hall–Kier alpha value is -2.68. The molecule has 8 heteroatoms. The van der Waals surface area contributed by atoms with Gasteiger partial charge in [0, 0.05) is 11.8 Å². The monoisotopic (exact) mass is 442 g/mol. The fourth-order valence-electron chi connectivity index (χ4n) is 3.94. The van der Waals surface area contributed by atoms with Gasteiger partial charge in [-0.05, 0) is 68.1 Å². The van der Waals surface area contributed by atoms with Gasteiger partial charge >= 0.3 is 0 Å². The topological polar surface area (TPSA) is 102 Å². The van der Waals surface area contributed by atoms with Crippen LogP contribution in [0.1, 0.15) is 31.4 Å². The molecule has 0 amide bonds. The Balaban J connectivity index is 1.81. The van der Waals surface area contributed by atoms with Gasteiger partial charge in [-0.25, -0.2) is 13.1 Å². The normalized spacial score (nSPS) is 21.7. The van der Waals surface area contributed by atoms with Crippen LogP contribution in [0.15, 0.2) is 59.5 Å². The van der Waals surface area contributed by atoms with Crippen molar-refractivity contribution in [1.82, 2.24) is 9.78 Å². The lowest BCUT2D eigenvalue weighted by atomic mass is 9.81. The fourth-order valence-corrected chi connectivity index (χ4v) is 4.57. The number of aliphatic hydroxyl groups is 2. The van der Waals surface area contributed by atoms with Crippen LogP contribution in [0, 0.1) is 0 Å². The molecule has 31 heavy (non-hydrogen) atoms. The van der Waals surface area contributed by atoms with Gasteiger partial charge < -0.3 is 14.9 Å². The molecule has 1 aliphatic carbocycles. The van der Waals surface area contributed by atoms with Gasteiger partial charge in [0.2, 0.25) is 0 Å². The summed E-state index contributed by atoms with van der Waals surface area (Å²) in [5.74, 6) is 0.718. The standard InChI is InChI=1S/C23H26N2O5S/c1-30-19-7-5-17(6-8-19)25-21(16-3-9-20(10-4-16)31(2,28)29)15-22(24-25)23(27)13-11-18(26)12-14-23/h3-10,15,18,26-27H,11-14H2,1-2H3. The van der Waals surface area contributed by atoms with Gasteiger partial charge in [0.15, 0.2) is 9.84 Å². The highest BCUT2D eigenvalue weighted by Gasteiger charge is 2.37. The van der Waals surface area contributed by atoms with E-state index in [2.05, 4.69) is 0 Å². The minimum atomic E-state index is -3.30. The number of sulfone groups is 1. The third-order valence-electron chi connectivity index (χ3n) is 5.86. The Morgan fingerprint density at radius 1 is 1.06 bits per heavy atom. The molecule has 164 valence electrons. The van der Waals surface area contributed by atoms with Crippen molar-refractivity contribution in [2.75, 3.05) is 13.4 Å². The maximum atomic E-state index is 11.8. The van der Waals surface area contributed by atoms with E-state index in [0.717, 1.165) is 22.7 Å². The summed E-state index contributed by atoms with van der Waals surface area (Å²) < 4.78 is 30.6. The second-order valence-corrected chi connectivity index (χ2v) is 10.1. The molecule has 0 radical (unpaired) electrons. The van der Waals surface area contributed by atoms with E-state index in [1.54, 1.807) is 36.1 Å². The highest BCUT2D eigenvalue weighted by molar-refractivity contribution is 7.90. The van der Waals surface area contributed by atoms with Crippen LogP contribution < -0.4 is 4.74 Å². The van der Waals surface area contributed by atoms with Crippen LogP contribution in [0.3, 0.4) is 0 Å². The molecule has 0 bridgehead atoms. The van der Waals surface area contributed by atoms with Gasteiger partial charge in [0.25, 0.3) is 0 Å². The van der Waals surface area contributed by atoms with Crippen LogP contribution in [-0.4, -0.2) is 47.9 Å². The summed E-state index contributed by atoms with van der Waals surface area (Å²) in [6.07, 6.45) is 2.68. The van der Waals surface area contributed by atoms with Gasteiger partial charge in [-0.2, -0.15) is 5.10 Å². The van der Waals surface area contributed by atoms with Gasteiger partial charge in [-0.15, -0.1) is 0 Å². The van der Waals surface area contributed by atoms with Crippen molar-refractivity contribution < 1.29 is 23.4 Å². The summed E-state index contributed by atoms with van der Waals surface area (Å²) >= 11 is 0. The fraction of sp³-hybridized carbons (Fsp3) is 0.348. The zero-order valence-corrected chi connectivity index (χ0v) is 18.3. The van der Waals surface area contributed by atoms with Gasteiger partial charge in [0.1, 0.15) is 11.4 Å². The Morgan fingerprint density at radius 3 is 2.23 bits per heavy atom.